The summed E-state index contributed by atoms with van der Waals surface area (Å²) in [5, 5.41) is 0. The lowest BCUT2D eigenvalue weighted by atomic mass is 9.99. The van der Waals surface area contributed by atoms with Gasteiger partial charge in [0.15, 0.2) is 0 Å². The van der Waals surface area contributed by atoms with Crippen LogP contribution in [0.1, 0.15) is 16.7 Å². The van der Waals surface area contributed by atoms with Crippen LogP contribution >= 0.6 is 0 Å². The minimum atomic E-state index is -0.349. The smallest absolute Gasteiger partial charge is 0.139 e. The van der Waals surface area contributed by atoms with E-state index < -0.39 is 0 Å². The minimum absolute atomic E-state index is 0.315. The first-order valence-corrected chi connectivity index (χ1v) is 7.26. The zero-order chi connectivity index (χ0) is 16.2. The number of halogens is 2. The number of benzene rings is 3. The average Bonchev–Trinajstić information content (AvgIpc) is 2.56. The molecular formula is C21H14F2. The van der Waals surface area contributed by atoms with Gasteiger partial charge in [-0.25, -0.2) is 8.78 Å². The Kier molecular flexibility index (Phi) is 4.21. The van der Waals surface area contributed by atoms with E-state index in [1.165, 1.54) is 18.2 Å². The van der Waals surface area contributed by atoms with Gasteiger partial charge in [0, 0.05) is 5.56 Å². The van der Waals surface area contributed by atoms with Crippen LogP contribution in [0.3, 0.4) is 0 Å². The molecule has 0 aliphatic heterocycles. The summed E-state index contributed by atoms with van der Waals surface area (Å²) in [5.41, 5.74) is 3.59. The van der Waals surface area contributed by atoms with Crippen molar-refractivity contribution >= 4 is 0 Å². The third-order valence-corrected chi connectivity index (χ3v) is 3.57. The van der Waals surface area contributed by atoms with Crippen LogP contribution in [-0.2, 0) is 0 Å². The maximum atomic E-state index is 14.4. The lowest BCUT2D eigenvalue weighted by Crippen LogP contribution is -1.91. The van der Waals surface area contributed by atoms with Gasteiger partial charge in [-0.2, -0.15) is 0 Å². The summed E-state index contributed by atoms with van der Waals surface area (Å²) < 4.78 is 27.3. The molecule has 0 atom stereocenters. The van der Waals surface area contributed by atoms with Crippen molar-refractivity contribution in [2.45, 2.75) is 6.92 Å². The van der Waals surface area contributed by atoms with E-state index >= 15 is 0 Å². The van der Waals surface area contributed by atoms with Gasteiger partial charge < -0.3 is 0 Å². The largest absolute Gasteiger partial charge is 0.207 e. The number of hydrogen-bond donors (Lipinski definition) is 0. The Morgan fingerprint density at radius 3 is 2.09 bits per heavy atom. The molecule has 0 saturated carbocycles. The summed E-state index contributed by atoms with van der Waals surface area (Å²) >= 11 is 0. The highest BCUT2D eigenvalue weighted by Crippen LogP contribution is 2.24. The molecule has 0 nitrogen and oxygen atoms in total. The molecule has 0 radical (unpaired) electrons. The molecule has 0 saturated heterocycles. The first-order valence-electron chi connectivity index (χ1n) is 7.26. The van der Waals surface area contributed by atoms with Crippen LogP contribution in [0.4, 0.5) is 8.78 Å². The van der Waals surface area contributed by atoms with E-state index in [1.807, 2.05) is 43.3 Å². The van der Waals surface area contributed by atoms with Crippen LogP contribution in [0, 0.1) is 30.4 Å². The highest BCUT2D eigenvalue weighted by Gasteiger charge is 2.07. The van der Waals surface area contributed by atoms with Gasteiger partial charge in [0.25, 0.3) is 0 Å². The molecule has 0 aliphatic carbocycles. The summed E-state index contributed by atoms with van der Waals surface area (Å²) in [6.07, 6.45) is 0. The Bertz CT molecular complexity index is 860. The van der Waals surface area contributed by atoms with Crippen LogP contribution in [0.15, 0.2) is 66.7 Å². The van der Waals surface area contributed by atoms with Gasteiger partial charge in [-0.3, -0.25) is 0 Å². The average molecular weight is 304 g/mol. The maximum Gasteiger partial charge on any atom is 0.139 e. The lowest BCUT2D eigenvalue weighted by Gasteiger charge is -2.06. The molecule has 0 aromatic heterocycles. The summed E-state index contributed by atoms with van der Waals surface area (Å²) in [6.45, 7) is 1.84. The van der Waals surface area contributed by atoms with Crippen LogP contribution in [-0.4, -0.2) is 0 Å². The predicted octanol–water partition coefficient (Wildman–Crippen LogP) is 5.34. The van der Waals surface area contributed by atoms with E-state index in [4.69, 9.17) is 0 Å². The lowest BCUT2D eigenvalue weighted by molar-refractivity contribution is 0.623. The van der Waals surface area contributed by atoms with Crippen molar-refractivity contribution in [2.24, 2.45) is 0 Å². The predicted molar refractivity (Wildman–Crippen MR) is 89.0 cm³/mol. The quantitative estimate of drug-likeness (QED) is 0.532. The normalized spacial score (nSPS) is 10.0. The molecule has 0 spiro atoms. The Morgan fingerprint density at radius 2 is 1.43 bits per heavy atom. The van der Waals surface area contributed by atoms with Crippen molar-refractivity contribution in [3.63, 3.8) is 0 Å². The minimum Gasteiger partial charge on any atom is -0.207 e. The fraction of sp³-hybridized carbons (Fsp3) is 0.0476. The summed E-state index contributed by atoms with van der Waals surface area (Å²) in [4.78, 5) is 0. The molecule has 2 heteroatoms. The Labute approximate surface area is 134 Å². The Balaban J connectivity index is 1.97. The van der Waals surface area contributed by atoms with Crippen LogP contribution < -0.4 is 0 Å². The fourth-order valence-corrected chi connectivity index (χ4v) is 2.37. The van der Waals surface area contributed by atoms with E-state index in [9.17, 15) is 8.78 Å². The molecule has 3 rings (SSSR count). The van der Waals surface area contributed by atoms with Gasteiger partial charge in [0.05, 0.1) is 5.56 Å². The van der Waals surface area contributed by atoms with Crippen molar-refractivity contribution in [3.05, 3.63) is 95.1 Å². The number of hydrogen-bond acceptors (Lipinski definition) is 0. The standard InChI is InChI=1S/C21H14F2/c1-15-13-18(17-5-3-2-4-6-17)14-21(23)20(15)12-9-16-7-10-19(22)11-8-16/h2-8,10-11,13-14H,1H3. The van der Waals surface area contributed by atoms with Crippen LogP contribution in [0.25, 0.3) is 11.1 Å². The van der Waals surface area contributed by atoms with Gasteiger partial charge in [0.1, 0.15) is 11.6 Å². The number of rotatable bonds is 1. The van der Waals surface area contributed by atoms with E-state index in [2.05, 4.69) is 11.8 Å². The molecule has 0 aliphatic rings. The van der Waals surface area contributed by atoms with Crippen molar-refractivity contribution in [3.8, 4) is 23.0 Å². The van der Waals surface area contributed by atoms with E-state index in [1.54, 1.807) is 12.1 Å². The van der Waals surface area contributed by atoms with Gasteiger partial charge in [-0.15, -0.1) is 0 Å². The van der Waals surface area contributed by atoms with Gasteiger partial charge in [-0.05, 0) is 60.0 Å². The molecule has 0 amide bonds. The van der Waals surface area contributed by atoms with E-state index in [0.29, 0.717) is 11.1 Å². The van der Waals surface area contributed by atoms with E-state index in [-0.39, 0.29) is 11.6 Å². The van der Waals surface area contributed by atoms with E-state index in [0.717, 1.165) is 16.7 Å². The van der Waals surface area contributed by atoms with Crippen molar-refractivity contribution in [1.82, 2.24) is 0 Å². The molecule has 3 aromatic rings. The second-order valence-electron chi connectivity index (χ2n) is 5.27. The highest BCUT2D eigenvalue weighted by atomic mass is 19.1. The summed E-state index contributed by atoms with van der Waals surface area (Å²) in [5.74, 6) is 5.06. The number of aryl methyl sites for hydroxylation is 1. The Morgan fingerprint density at radius 1 is 0.739 bits per heavy atom. The SMILES string of the molecule is Cc1cc(-c2ccccc2)cc(F)c1C#Cc1ccc(F)cc1. The molecule has 0 fully saturated rings. The Hall–Kier alpha value is -2.92. The molecule has 112 valence electrons. The van der Waals surface area contributed by atoms with Gasteiger partial charge in [0.2, 0.25) is 0 Å². The zero-order valence-corrected chi connectivity index (χ0v) is 12.6. The molecule has 0 N–H and O–H groups in total. The van der Waals surface area contributed by atoms with Gasteiger partial charge in [-0.1, -0.05) is 42.2 Å². The van der Waals surface area contributed by atoms with Crippen LogP contribution in [0.5, 0.6) is 0 Å². The first-order chi connectivity index (χ1) is 11.1. The van der Waals surface area contributed by atoms with Crippen molar-refractivity contribution in [2.75, 3.05) is 0 Å². The summed E-state index contributed by atoms with van der Waals surface area (Å²) in [7, 11) is 0. The zero-order valence-electron chi connectivity index (χ0n) is 12.6. The molecule has 0 bridgehead atoms. The van der Waals surface area contributed by atoms with Crippen LogP contribution in [0.2, 0.25) is 0 Å². The third kappa shape index (κ3) is 3.46. The monoisotopic (exact) mass is 304 g/mol. The second kappa shape index (κ2) is 6.46. The maximum absolute atomic E-state index is 14.4. The second-order valence-corrected chi connectivity index (χ2v) is 5.27. The topological polar surface area (TPSA) is 0 Å². The highest BCUT2D eigenvalue weighted by molar-refractivity contribution is 5.66. The molecule has 3 aromatic carbocycles. The van der Waals surface area contributed by atoms with Gasteiger partial charge >= 0.3 is 0 Å². The summed E-state index contributed by atoms with van der Waals surface area (Å²) in [6, 6.07) is 18.9. The first kappa shape index (κ1) is 15.0. The molecule has 23 heavy (non-hydrogen) atoms. The third-order valence-electron chi connectivity index (χ3n) is 3.57. The molecule has 0 heterocycles. The van der Waals surface area contributed by atoms with Crippen molar-refractivity contribution < 1.29 is 8.78 Å². The molecule has 0 unspecified atom stereocenters. The fourth-order valence-electron chi connectivity index (χ4n) is 2.37. The van der Waals surface area contributed by atoms with Crippen molar-refractivity contribution in [1.29, 1.82) is 0 Å². The molecular weight excluding hydrogens is 290 g/mol.